The molecule has 1 aliphatic heterocycles. The number of allylic oxidation sites excluding steroid dienone is 3. The molecule has 0 saturated carbocycles. The van der Waals surface area contributed by atoms with Gasteiger partial charge in [-0.05, 0) is 52.9 Å². The van der Waals surface area contributed by atoms with Crippen LogP contribution < -0.4 is 0 Å². The molecule has 0 bridgehead atoms. The molecule has 1 saturated heterocycles. The maximum absolute atomic E-state index is 8.69. The highest BCUT2D eigenvalue weighted by Crippen LogP contribution is 2.36. The maximum atomic E-state index is 8.69. The lowest BCUT2D eigenvalue weighted by molar-refractivity contribution is 0.00578. The fraction of sp³-hybridized carbons (Fsp3) is 0.750. The van der Waals surface area contributed by atoms with E-state index in [1.807, 2.05) is 5.98 Å². The Bertz CT molecular complexity index is 332. The SMILES string of the molecule is C[C@H](/C=C/B1OC(C)(C)C(C)(C)O1)C/C=C/CCCO. The lowest BCUT2D eigenvalue weighted by atomic mass is 9.88. The van der Waals surface area contributed by atoms with Crippen molar-refractivity contribution < 1.29 is 14.4 Å². The van der Waals surface area contributed by atoms with Gasteiger partial charge >= 0.3 is 7.12 Å². The van der Waals surface area contributed by atoms with Gasteiger partial charge in [0, 0.05) is 6.61 Å². The molecular formula is C16H29BO3. The summed E-state index contributed by atoms with van der Waals surface area (Å²) >= 11 is 0. The van der Waals surface area contributed by atoms with E-state index in [0.29, 0.717) is 5.92 Å². The predicted octanol–water partition coefficient (Wildman–Crippen LogP) is 3.53. The van der Waals surface area contributed by atoms with Crippen molar-refractivity contribution in [3.63, 3.8) is 0 Å². The van der Waals surface area contributed by atoms with Crippen molar-refractivity contribution >= 4 is 7.12 Å². The van der Waals surface area contributed by atoms with Crippen molar-refractivity contribution in [2.24, 2.45) is 5.92 Å². The second-order valence-electron chi connectivity index (χ2n) is 6.56. The van der Waals surface area contributed by atoms with Crippen LogP contribution in [0.3, 0.4) is 0 Å². The van der Waals surface area contributed by atoms with E-state index >= 15 is 0 Å². The fourth-order valence-electron chi connectivity index (χ4n) is 1.96. The zero-order valence-electron chi connectivity index (χ0n) is 13.6. The average Bonchev–Trinajstić information content (AvgIpc) is 2.55. The summed E-state index contributed by atoms with van der Waals surface area (Å²) < 4.78 is 11.8. The third-order valence-corrected chi connectivity index (χ3v) is 4.07. The fourth-order valence-corrected chi connectivity index (χ4v) is 1.96. The molecule has 1 aliphatic rings. The first kappa shape index (κ1) is 17.5. The van der Waals surface area contributed by atoms with Crippen LogP contribution >= 0.6 is 0 Å². The molecule has 0 aromatic rings. The topological polar surface area (TPSA) is 38.7 Å². The van der Waals surface area contributed by atoms with E-state index in [2.05, 4.69) is 52.8 Å². The zero-order valence-corrected chi connectivity index (χ0v) is 13.6. The molecule has 1 fully saturated rings. The Morgan fingerprint density at radius 3 is 2.25 bits per heavy atom. The van der Waals surface area contributed by atoms with Crippen LogP contribution in [0.25, 0.3) is 0 Å². The van der Waals surface area contributed by atoms with Crippen LogP contribution in [-0.2, 0) is 9.31 Å². The smallest absolute Gasteiger partial charge is 0.400 e. The molecule has 0 spiro atoms. The van der Waals surface area contributed by atoms with Crippen molar-refractivity contribution in [2.45, 2.75) is 65.1 Å². The van der Waals surface area contributed by atoms with Crippen LogP contribution in [0.4, 0.5) is 0 Å². The van der Waals surface area contributed by atoms with Gasteiger partial charge in [0.25, 0.3) is 0 Å². The first-order chi connectivity index (χ1) is 9.28. The highest BCUT2D eigenvalue weighted by atomic mass is 16.7. The summed E-state index contributed by atoms with van der Waals surface area (Å²) in [6.07, 6.45) is 9.25. The van der Waals surface area contributed by atoms with Gasteiger partial charge in [0.05, 0.1) is 11.2 Å². The monoisotopic (exact) mass is 280 g/mol. The molecule has 20 heavy (non-hydrogen) atoms. The molecule has 1 heterocycles. The lowest BCUT2D eigenvalue weighted by Crippen LogP contribution is -2.41. The van der Waals surface area contributed by atoms with E-state index in [4.69, 9.17) is 14.4 Å². The average molecular weight is 280 g/mol. The van der Waals surface area contributed by atoms with E-state index in [1.54, 1.807) is 0 Å². The largest absolute Gasteiger partial charge is 0.486 e. The lowest BCUT2D eigenvalue weighted by Gasteiger charge is -2.32. The number of rotatable bonds is 7. The first-order valence-electron chi connectivity index (χ1n) is 7.58. The molecule has 1 rings (SSSR count). The van der Waals surface area contributed by atoms with Gasteiger partial charge in [-0.2, -0.15) is 0 Å². The summed E-state index contributed by atoms with van der Waals surface area (Å²) in [6.45, 7) is 10.7. The molecule has 0 unspecified atom stereocenters. The number of aliphatic hydroxyl groups is 1. The van der Waals surface area contributed by atoms with Gasteiger partial charge in [-0.15, -0.1) is 0 Å². The third kappa shape index (κ3) is 5.08. The molecule has 114 valence electrons. The number of aliphatic hydroxyl groups excluding tert-OH is 1. The second kappa shape index (κ2) is 7.44. The van der Waals surface area contributed by atoms with E-state index in [0.717, 1.165) is 19.3 Å². The molecule has 0 aromatic carbocycles. The Balaban J connectivity index is 2.36. The predicted molar refractivity (Wildman–Crippen MR) is 84.5 cm³/mol. The molecule has 0 radical (unpaired) electrons. The Morgan fingerprint density at radius 1 is 1.10 bits per heavy atom. The summed E-state index contributed by atoms with van der Waals surface area (Å²) in [6, 6.07) is 0. The quantitative estimate of drug-likeness (QED) is 0.440. The minimum absolute atomic E-state index is 0.249. The van der Waals surface area contributed by atoms with Gasteiger partial charge < -0.3 is 14.4 Å². The molecule has 4 heteroatoms. The summed E-state index contributed by atoms with van der Waals surface area (Å²) in [5, 5.41) is 8.69. The zero-order chi connectivity index (χ0) is 15.2. The summed E-state index contributed by atoms with van der Waals surface area (Å²) in [4.78, 5) is 0. The number of unbranched alkanes of at least 4 members (excludes halogenated alkanes) is 1. The number of hydrogen-bond donors (Lipinski definition) is 1. The summed E-state index contributed by atoms with van der Waals surface area (Å²) in [7, 11) is -0.249. The van der Waals surface area contributed by atoms with Crippen molar-refractivity contribution in [1.29, 1.82) is 0 Å². The molecule has 3 nitrogen and oxygen atoms in total. The Morgan fingerprint density at radius 2 is 1.70 bits per heavy atom. The van der Waals surface area contributed by atoms with E-state index < -0.39 is 0 Å². The van der Waals surface area contributed by atoms with Crippen molar-refractivity contribution in [3.05, 3.63) is 24.2 Å². The van der Waals surface area contributed by atoms with E-state index in [9.17, 15) is 0 Å². The van der Waals surface area contributed by atoms with Crippen molar-refractivity contribution in [2.75, 3.05) is 6.61 Å². The molecule has 0 aromatic heterocycles. The van der Waals surface area contributed by atoms with Crippen LogP contribution in [0.2, 0.25) is 0 Å². The van der Waals surface area contributed by atoms with E-state index in [1.165, 1.54) is 0 Å². The van der Waals surface area contributed by atoms with Crippen LogP contribution in [0.15, 0.2) is 24.2 Å². The molecule has 0 aliphatic carbocycles. The van der Waals surface area contributed by atoms with Crippen LogP contribution in [0.1, 0.15) is 53.9 Å². The van der Waals surface area contributed by atoms with Crippen molar-refractivity contribution in [3.8, 4) is 0 Å². The Labute approximate surface area is 124 Å². The van der Waals surface area contributed by atoms with Crippen LogP contribution in [0, 0.1) is 5.92 Å². The highest BCUT2D eigenvalue weighted by Gasteiger charge is 2.49. The Hall–Kier alpha value is -0.575. The van der Waals surface area contributed by atoms with Crippen LogP contribution in [-0.4, -0.2) is 30.0 Å². The third-order valence-electron chi connectivity index (χ3n) is 4.07. The maximum Gasteiger partial charge on any atom is 0.486 e. The van der Waals surface area contributed by atoms with Crippen molar-refractivity contribution in [1.82, 2.24) is 0 Å². The van der Waals surface area contributed by atoms with Gasteiger partial charge in [-0.25, -0.2) is 0 Å². The Kier molecular flexibility index (Phi) is 6.50. The van der Waals surface area contributed by atoms with Gasteiger partial charge in [0.1, 0.15) is 0 Å². The molecule has 1 atom stereocenters. The standard InChI is InChI=1S/C16H29BO3/c1-14(10-8-6-7-9-13-18)11-12-17-19-15(2,3)16(4,5)20-17/h6,8,11-12,14,18H,7,9-10,13H2,1-5H3/b8-6+,12-11+/t14-/m0/s1. The second-order valence-corrected chi connectivity index (χ2v) is 6.56. The van der Waals surface area contributed by atoms with Gasteiger partial charge in [-0.1, -0.05) is 31.1 Å². The molecular weight excluding hydrogens is 251 g/mol. The highest BCUT2D eigenvalue weighted by molar-refractivity contribution is 6.51. The van der Waals surface area contributed by atoms with Gasteiger partial charge in [0.15, 0.2) is 0 Å². The van der Waals surface area contributed by atoms with Gasteiger partial charge in [0.2, 0.25) is 0 Å². The molecule has 0 amide bonds. The first-order valence-corrected chi connectivity index (χ1v) is 7.58. The number of hydrogen-bond acceptors (Lipinski definition) is 3. The minimum Gasteiger partial charge on any atom is -0.400 e. The van der Waals surface area contributed by atoms with E-state index in [-0.39, 0.29) is 24.9 Å². The van der Waals surface area contributed by atoms with Gasteiger partial charge in [-0.3, -0.25) is 0 Å². The molecule has 1 N–H and O–H groups in total. The summed E-state index contributed by atoms with van der Waals surface area (Å²) in [5.41, 5.74) is -0.537. The minimum atomic E-state index is -0.268. The summed E-state index contributed by atoms with van der Waals surface area (Å²) in [5.74, 6) is 2.47. The van der Waals surface area contributed by atoms with Crippen LogP contribution in [0.5, 0.6) is 0 Å². The normalized spacial score (nSPS) is 23.0.